The predicted octanol–water partition coefficient (Wildman–Crippen LogP) is 4.03. The Hall–Kier alpha value is -2.11. The second kappa shape index (κ2) is 8.13. The minimum absolute atomic E-state index is 0.128. The Morgan fingerprint density at radius 1 is 1.08 bits per heavy atom. The lowest BCUT2D eigenvalue weighted by Gasteiger charge is -2.09. The lowest BCUT2D eigenvalue weighted by Crippen LogP contribution is -2.27. The monoisotopic (exact) mass is 365 g/mol. The fourth-order valence-electron chi connectivity index (χ4n) is 1.92. The Kier molecular flexibility index (Phi) is 6.17. The third kappa shape index (κ3) is 5.22. The third-order valence-corrected chi connectivity index (χ3v) is 3.48. The first-order valence-corrected chi connectivity index (χ1v) is 8.12. The molecule has 0 aliphatic rings. The van der Waals surface area contributed by atoms with E-state index in [0.29, 0.717) is 33.8 Å². The van der Waals surface area contributed by atoms with Gasteiger partial charge >= 0.3 is 0 Å². The van der Waals surface area contributed by atoms with Crippen molar-refractivity contribution in [1.29, 1.82) is 0 Å². The van der Waals surface area contributed by atoms with Gasteiger partial charge in [0.05, 0.1) is 0 Å². The Labute approximate surface area is 150 Å². The molecule has 0 atom stereocenters. The van der Waals surface area contributed by atoms with Crippen molar-refractivity contribution in [3.63, 3.8) is 0 Å². The van der Waals surface area contributed by atoms with Gasteiger partial charge in [-0.25, -0.2) is 0 Å². The Morgan fingerprint density at radius 3 is 2.38 bits per heavy atom. The number of halogens is 2. The van der Waals surface area contributed by atoms with Gasteiger partial charge in [0.15, 0.2) is 0 Å². The molecule has 0 radical (unpaired) electrons. The first-order chi connectivity index (χ1) is 11.3. The van der Waals surface area contributed by atoms with Crippen LogP contribution in [0.25, 0.3) is 0 Å². The van der Waals surface area contributed by atoms with Crippen LogP contribution < -0.4 is 10.6 Å². The molecule has 0 aliphatic carbocycles. The molecule has 0 saturated heterocycles. The number of aromatic nitrogens is 1. The van der Waals surface area contributed by atoms with Gasteiger partial charge in [-0.1, -0.05) is 37.0 Å². The number of hydrogen-bond donors (Lipinski definition) is 2. The number of hydrogen-bond acceptors (Lipinski definition) is 3. The van der Waals surface area contributed by atoms with E-state index < -0.39 is 5.91 Å². The molecule has 126 valence electrons. The minimum atomic E-state index is -0.452. The molecule has 0 fully saturated rings. The van der Waals surface area contributed by atoms with E-state index in [1.165, 1.54) is 12.3 Å². The third-order valence-electron chi connectivity index (χ3n) is 3.05. The van der Waals surface area contributed by atoms with E-state index in [9.17, 15) is 9.59 Å². The van der Waals surface area contributed by atoms with Crippen LogP contribution in [0.3, 0.4) is 0 Å². The summed E-state index contributed by atoms with van der Waals surface area (Å²) in [5.74, 6) is -0.357. The Morgan fingerprint density at radius 2 is 1.75 bits per heavy atom. The van der Waals surface area contributed by atoms with E-state index in [0.717, 1.165) is 0 Å². The predicted molar refractivity (Wildman–Crippen MR) is 95.8 cm³/mol. The lowest BCUT2D eigenvalue weighted by molar-refractivity contribution is 0.0949. The molecule has 2 aromatic rings. The van der Waals surface area contributed by atoms with Gasteiger partial charge in [-0.05, 0) is 36.2 Å². The molecule has 0 aliphatic heterocycles. The fraction of sp³-hybridized carbons (Fsp3) is 0.235. The number of nitrogens with one attached hydrogen (secondary N) is 2. The second-order valence-corrected chi connectivity index (χ2v) is 6.52. The summed E-state index contributed by atoms with van der Waals surface area (Å²) in [6.07, 6.45) is 1.42. The van der Waals surface area contributed by atoms with E-state index >= 15 is 0 Å². The van der Waals surface area contributed by atoms with Gasteiger partial charge in [0, 0.05) is 34.0 Å². The van der Waals surface area contributed by atoms with Gasteiger partial charge in [0.25, 0.3) is 11.8 Å². The zero-order valence-corrected chi connectivity index (χ0v) is 14.8. The molecule has 1 aromatic carbocycles. The van der Waals surface area contributed by atoms with Crippen LogP contribution in [0.1, 0.15) is 34.7 Å². The van der Waals surface area contributed by atoms with E-state index in [-0.39, 0.29) is 11.6 Å². The molecular formula is C17H17Cl2N3O2. The number of carbonyl (C=O) groups is 2. The molecule has 7 heteroatoms. The van der Waals surface area contributed by atoms with Gasteiger partial charge in [0.1, 0.15) is 5.69 Å². The van der Waals surface area contributed by atoms with Crippen LogP contribution in [-0.2, 0) is 0 Å². The lowest BCUT2D eigenvalue weighted by atomic mass is 10.2. The van der Waals surface area contributed by atoms with E-state index in [1.54, 1.807) is 24.3 Å². The van der Waals surface area contributed by atoms with Crippen molar-refractivity contribution in [1.82, 2.24) is 10.3 Å². The van der Waals surface area contributed by atoms with Gasteiger partial charge in [-0.3, -0.25) is 14.6 Å². The van der Waals surface area contributed by atoms with Crippen LogP contribution in [0.4, 0.5) is 5.69 Å². The van der Waals surface area contributed by atoms with Crippen LogP contribution >= 0.6 is 23.2 Å². The summed E-state index contributed by atoms with van der Waals surface area (Å²) in [5, 5.41) is 6.27. The maximum absolute atomic E-state index is 12.3. The van der Waals surface area contributed by atoms with Crippen LogP contribution in [0, 0.1) is 5.92 Å². The number of anilines is 1. The summed E-state index contributed by atoms with van der Waals surface area (Å²) in [6.45, 7) is 4.56. The first-order valence-electron chi connectivity index (χ1n) is 7.37. The number of benzene rings is 1. The van der Waals surface area contributed by atoms with Gasteiger partial charge < -0.3 is 10.6 Å². The average molecular weight is 366 g/mol. The summed E-state index contributed by atoms with van der Waals surface area (Å²) >= 11 is 11.8. The molecule has 0 spiro atoms. The smallest absolute Gasteiger partial charge is 0.274 e. The standard InChI is InChI=1S/C17H17Cl2N3O2/c1-10(2)9-21-16(23)11-3-4-20-15(5-11)17(24)22-14-7-12(18)6-13(19)8-14/h3-8,10H,9H2,1-2H3,(H,21,23)(H,22,24). The summed E-state index contributed by atoms with van der Waals surface area (Å²) in [7, 11) is 0. The molecule has 24 heavy (non-hydrogen) atoms. The summed E-state index contributed by atoms with van der Waals surface area (Å²) < 4.78 is 0. The normalized spacial score (nSPS) is 10.5. The molecule has 0 unspecified atom stereocenters. The van der Waals surface area contributed by atoms with Crippen molar-refractivity contribution < 1.29 is 9.59 Å². The fourth-order valence-corrected chi connectivity index (χ4v) is 2.44. The number of rotatable bonds is 5. The number of amides is 2. The molecule has 5 nitrogen and oxygen atoms in total. The highest BCUT2D eigenvalue weighted by Gasteiger charge is 2.13. The molecule has 1 aromatic heterocycles. The van der Waals surface area contributed by atoms with E-state index in [1.807, 2.05) is 13.8 Å². The quantitative estimate of drug-likeness (QED) is 0.840. The van der Waals surface area contributed by atoms with Crippen molar-refractivity contribution in [2.75, 3.05) is 11.9 Å². The van der Waals surface area contributed by atoms with Crippen LogP contribution in [-0.4, -0.2) is 23.3 Å². The van der Waals surface area contributed by atoms with Crippen LogP contribution in [0.15, 0.2) is 36.5 Å². The molecule has 0 saturated carbocycles. The van der Waals surface area contributed by atoms with Gasteiger partial charge in [-0.15, -0.1) is 0 Å². The Bertz CT molecular complexity index is 743. The minimum Gasteiger partial charge on any atom is -0.352 e. The van der Waals surface area contributed by atoms with E-state index in [4.69, 9.17) is 23.2 Å². The second-order valence-electron chi connectivity index (χ2n) is 5.65. The molecule has 1 heterocycles. The SMILES string of the molecule is CC(C)CNC(=O)c1ccnc(C(=O)Nc2cc(Cl)cc(Cl)c2)c1. The topological polar surface area (TPSA) is 71.1 Å². The molecule has 0 bridgehead atoms. The molecule has 2 N–H and O–H groups in total. The van der Waals surface area contributed by atoms with Crippen molar-refractivity contribution in [3.05, 3.63) is 57.8 Å². The highest BCUT2D eigenvalue weighted by molar-refractivity contribution is 6.35. The summed E-state index contributed by atoms with van der Waals surface area (Å²) in [4.78, 5) is 28.4. The largest absolute Gasteiger partial charge is 0.352 e. The summed E-state index contributed by atoms with van der Waals surface area (Å²) in [5.41, 5.74) is 0.956. The maximum atomic E-state index is 12.3. The average Bonchev–Trinajstić information content (AvgIpc) is 2.51. The van der Waals surface area contributed by atoms with Crippen molar-refractivity contribution in [2.45, 2.75) is 13.8 Å². The molecule has 2 rings (SSSR count). The molecular weight excluding hydrogens is 349 g/mol. The Balaban J connectivity index is 2.12. The van der Waals surface area contributed by atoms with Crippen LogP contribution in [0.5, 0.6) is 0 Å². The highest BCUT2D eigenvalue weighted by atomic mass is 35.5. The first kappa shape index (κ1) is 18.2. The summed E-state index contributed by atoms with van der Waals surface area (Å²) in [6, 6.07) is 7.71. The zero-order chi connectivity index (χ0) is 17.7. The van der Waals surface area contributed by atoms with Crippen molar-refractivity contribution in [3.8, 4) is 0 Å². The highest BCUT2D eigenvalue weighted by Crippen LogP contribution is 2.22. The number of pyridine rings is 1. The zero-order valence-electron chi connectivity index (χ0n) is 13.3. The van der Waals surface area contributed by atoms with Crippen molar-refractivity contribution >= 4 is 40.7 Å². The van der Waals surface area contributed by atoms with E-state index in [2.05, 4.69) is 15.6 Å². The maximum Gasteiger partial charge on any atom is 0.274 e. The van der Waals surface area contributed by atoms with Gasteiger partial charge in [-0.2, -0.15) is 0 Å². The molecule has 2 amide bonds. The number of nitrogens with zero attached hydrogens (tertiary/aromatic N) is 1. The van der Waals surface area contributed by atoms with Crippen LogP contribution in [0.2, 0.25) is 10.0 Å². The van der Waals surface area contributed by atoms with Crippen molar-refractivity contribution in [2.24, 2.45) is 5.92 Å². The van der Waals surface area contributed by atoms with Gasteiger partial charge in [0.2, 0.25) is 0 Å². The number of carbonyl (C=O) groups excluding carboxylic acids is 2.